The SMILES string of the molecule is [C-]#[N+]C[C@H]1CN(c2nc(OCCOC3CCOC3)nc3c2CCN(c2cccc4cccc(C)c24)C3)CCN1C(=O)C=C. The van der Waals surface area contributed by atoms with Crippen LogP contribution in [0.3, 0.4) is 0 Å². The lowest BCUT2D eigenvalue weighted by Gasteiger charge is -2.41. The number of nitrogens with zero attached hydrogens (tertiary/aromatic N) is 6. The molecule has 1 aromatic heterocycles. The predicted molar refractivity (Wildman–Crippen MR) is 166 cm³/mol. The normalized spacial score (nSPS) is 20.1. The summed E-state index contributed by atoms with van der Waals surface area (Å²) in [6.45, 7) is 18.7. The van der Waals surface area contributed by atoms with Crippen molar-refractivity contribution in [2.75, 3.05) is 69.0 Å². The van der Waals surface area contributed by atoms with Crippen LogP contribution < -0.4 is 14.5 Å². The van der Waals surface area contributed by atoms with Crippen LogP contribution in [0.2, 0.25) is 0 Å². The van der Waals surface area contributed by atoms with Gasteiger partial charge >= 0.3 is 6.01 Å². The van der Waals surface area contributed by atoms with Gasteiger partial charge in [0.25, 0.3) is 0 Å². The van der Waals surface area contributed by atoms with Crippen LogP contribution in [0, 0.1) is 13.5 Å². The number of hydrogen-bond acceptors (Lipinski definition) is 8. The first-order valence-electron chi connectivity index (χ1n) is 15.0. The molecule has 2 fully saturated rings. The van der Waals surface area contributed by atoms with Gasteiger partial charge in [-0.2, -0.15) is 9.97 Å². The Labute approximate surface area is 252 Å². The summed E-state index contributed by atoms with van der Waals surface area (Å²) in [6, 6.07) is 13.0. The highest BCUT2D eigenvalue weighted by Gasteiger charge is 2.35. The van der Waals surface area contributed by atoms with Gasteiger partial charge in [-0.15, -0.1) is 0 Å². The number of benzene rings is 2. The summed E-state index contributed by atoms with van der Waals surface area (Å²) in [6.07, 6.45) is 3.11. The lowest BCUT2D eigenvalue weighted by atomic mass is 9.99. The molecule has 224 valence electrons. The molecular weight excluding hydrogens is 544 g/mol. The van der Waals surface area contributed by atoms with E-state index in [-0.39, 0.29) is 24.6 Å². The Morgan fingerprint density at radius 3 is 2.81 bits per heavy atom. The number of piperazine rings is 1. The van der Waals surface area contributed by atoms with Crippen molar-refractivity contribution in [2.45, 2.75) is 38.5 Å². The van der Waals surface area contributed by atoms with Gasteiger partial charge < -0.3 is 33.8 Å². The van der Waals surface area contributed by atoms with E-state index in [1.807, 2.05) is 0 Å². The molecule has 4 heterocycles. The number of ether oxygens (including phenoxy) is 3. The van der Waals surface area contributed by atoms with Crippen LogP contribution in [-0.2, 0) is 27.2 Å². The fourth-order valence-corrected chi connectivity index (χ4v) is 6.40. The van der Waals surface area contributed by atoms with E-state index in [1.54, 1.807) is 4.90 Å². The summed E-state index contributed by atoms with van der Waals surface area (Å²) >= 11 is 0. The molecular formula is C33H38N6O4. The number of amides is 1. The van der Waals surface area contributed by atoms with Gasteiger partial charge in [0, 0.05) is 49.4 Å². The average Bonchev–Trinajstić information content (AvgIpc) is 3.56. The summed E-state index contributed by atoms with van der Waals surface area (Å²) in [5, 5.41) is 2.48. The average molecular weight is 583 g/mol. The molecule has 0 spiro atoms. The Bertz CT molecular complexity index is 1530. The molecule has 1 unspecified atom stereocenters. The number of anilines is 2. The minimum Gasteiger partial charge on any atom is -0.461 e. The lowest BCUT2D eigenvalue weighted by molar-refractivity contribution is -0.128. The first-order chi connectivity index (χ1) is 21.1. The van der Waals surface area contributed by atoms with E-state index in [9.17, 15) is 4.79 Å². The predicted octanol–water partition coefficient (Wildman–Crippen LogP) is 3.81. The van der Waals surface area contributed by atoms with Crippen molar-refractivity contribution in [1.29, 1.82) is 0 Å². The Morgan fingerprint density at radius 1 is 1.16 bits per heavy atom. The van der Waals surface area contributed by atoms with E-state index in [4.69, 9.17) is 30.8 Å². The Morgan fingerprint density at radius 2 is 2.02 bits per heavy atom. The molecule has 43 heavy (non-hydrogen) atoms. The second kappa shape index (κ2) is 13.0. The van der Waals surface area contributed by atoms with E-state index in [2.05, 4.69) is 64.5 Å². The molecule has 2 aromatic carbocycles. The molecule has 6 rings (SSSR count). The maximum Gasteiger partial charge on any atom is 0.318 e. The standard InChI is InChI=1S/C33H38N6O4/c1-4-30(40)39-15-14-38(20-25(39)19-34-3)32-27-11-13-37(29-10-6-9-24-8-5-7-23(2)31(24)29)21-28(27)35-33(36-32)43-18-17-42-26-12-16-41-22-26/h4-10,25-26H,1,11-22H2,2H3/t25-,26?/m0/s1. The molecule has 0 radical (unpaired) electrons. The van der Waals surface area contributed by atoms with Crippen molar-refractivity contribution in [3.8, 4) is 6.01 Å². The molecule has 2 saturated heterocycles. The van der Waals surface area contributed by atoms with Crippen molar-refractivity contribution in [2.24, 2.45) is 0 Å². The fraction of sp³-hybridized carbons (Fsp3) is 0.455. The number of hydrogen-bond donors (Lipinski definition) is 0. The van der Waals surface area contributed by atoms with Gasteiger partial charge in [0.15, 0.2) is 0 Å². The van der Waals surface area contributed by atoms with E-state index in [0.29, 0.717) is 52.0 Å². The van der Waals surface area contributed by atoms with Gasteiger partial charge in [-0.05, 0) is 42.9 Å². The molecule has 3 aromatic rings. The lowest BCUT2D eigenvalue weighted by Crippen LogP contribution is -2.56. The van der Waals surface area contributed by atoms with Crippen molar-refractivity contribution in [3.05, 3.63) is 77.3 Å². The quantitative estimate of drug-likeness (QED) is 0.214. The third-order valence-electron chi connectivity index (χ3n) is 8.55. The first-order valence-corrected chi connectivity index (χ1v) is 15.0. The zero-order valence-electron chi connectivity index (χ0n) is 24.7. The van der Waals surface area contributed by atoms with Crippen molar-refractivity contribution in [3.63, 3.8) is 0 Å². The van der Waals surface area contributed by atoms with Crippen LogP contribution in [0.4, 0.5) is 11.5 Å². The monoisotopic (exact) mass is 582 g/mol. The molecule has 0 bridgehead atoms. The Kier molecular flexibility index (Phi) is 8.72. The zero-order valence-corrected chi connectivity index (χ0v) is 24.7. The van der Waals surface area contributed by atoms with Gasteiger partial charge in [0.2, 0.25) is 12.5 Å². The summed E-state index contributed by atoms with van der Waals surface area (Å²) in [5.41, 5.74) is 4.49. The van der Waals surface area contributed by atoms with Crippen molar-refractivity contribution in [1.82, 2.24) is 14.9 Å². The summed E-state index contributed by atoms with van der Waals surface area (Å²) in [5.74, 6) is 0.690. The van der Waals surface area contributed by atoms with Crippen molar-refractivity contribution >= 4 is 28.2 Å². The second-order valence-electron chi connectivity index (χ2n) is 11.3. The summed E-state index contributed by atoms with van der Waals surface area (Å²) in [7, 11) is 0. The van der Waals surface area contributed by atoms with Crippen LogP contribution in [0.5, 0.6) is 6.01 Å². The van der Waals surface area contributed by atoms with E-state index in [1.165, 1.54) is 28.1 Å². The van der Waals surface area contributed by atoms with E-state index >= 15 is 0 Å². The molecule has 10 nitrogen and oxygen atoms in total. The summed E-state index contributed by atoms with van der Waals surface area (Å²) < 4.78 is 17.4. The number of rotatable bonds is 9. The van der Waals surface area contributed by atoms with Gasteiger partial charge in [-0.1, -0.05) is 36.9 Å². The van der Waals surface area contributed by atoms with E-state index < -0.39 is 0 Å². The topological polar surface area (TPSA) is 84.6 Å². The summed E-state index contributed by atoms with van der Waals surface area (Å²) in [4.78, 5) is 32.3. The molecule has 0 N–H and O–H groups in total. The minimum atomic E-state index is -0.243. The number of fused-ring (bicyclic) bond motifs is 2. The fourth-order valence-electron chi connectivity index (χ4n) is 6.40. The van der Waals surface area contributed by atoms with Crippen LogP contribution in [0.25, 0.3) is 15.6 Å². The molecule has 2 atom stereocenters. The molecule has 0 aliphatic carbocycles. The van der Waals surface area contributed by atoms with Crippen LogP contribution in [0.1, 0.15) is 23.2 Å². The first kappa shape index (κ1) is 28.9. The molecule has 10 heteroatoms. The van der Waals surface area contributed by atoms with Gasteiger partial charge in [-0.3, -0.25) is 4.79 Å². The largest absolute Gasteiger partial charge is 0.461 e. The highest BCUT2D eigenvalue weighted by atomic mass is 16.6. The number of aromatic nitrogens is 2. The molecule has 3 aliphatic rings. The third-order valence-corrected chi connectivity index (χ3v) is 8.55. The Balaban J connectivity index is 1.29. The van der Waals surface area contributed by atoms with Gasteiger partial charge in [0.05, 0.1) is 31.6 Å². The smallest absolute Gasteiger partial charge is 0.318 e. The highest BCUT2D eigenvalue weighted by Crippen LogP contribution is 2.35. The minimum absolute atomic E-state index is 0.107. The number of carbonyl (C=O) groups excluding carboxylic acids is 1. The highest BCUT2D eigenvalue weighted by molar-refractivity contribution is 5.97. The maximum atomic E-state index is 12.5. The van der Waals surface area contributed by atoms with Crippen molar-refractivity contribution < 1.29 is 19.0 Å². The van der Waals surface area contributed by atoms with E-state index in [0.717, 1.165) is 43.1 Å². The van der Waals surface area contributed by atoms with Crippen LogP contribution in [0.15, 0.2) is 49.1 Å². The van der Waals surface area contributed by atoms with Crippen LogP contribution in [-0.4, -0.2) is 92.1 Å². The maximum absolute atomic E-state index is 12.5. The molecule has 0 saturated carbocycles. The number of carbonyl (C=O) groups is 1. The zero-order chi connectivity index (χ0) is 29.8. The molecule has 3 aliphatic heterocycles. The molecule has 1 amide bonds. The van der Waals surface area contributed by atoms with Gasteiger partial charge in [0.1, 0.15) is 18.5 Å². The third kappa shape index (κ3) is 6.14. The second-order valence-corrected chi connectivity index (χ2v) is 11.3. The number of aryl methyl sites for hydroxylation is 1. The van der Waals surface area contributed by atoms with Gasteiger partial charge in [-0.25, -0.2) is 6.57 Å². The van der Waals surface area contributed by atoms with Crippen LogP contribution >= 0.6 is 0 Å². The Hall–Kier alpha value is -4.20.